The predicted octanol–water partition coefficient (Wildman–Crippen LogP) is 3.44. The van der Waals surface area contributed by atoms with E-state index in [-0.39, 0.29) is 12.1 Å². The second-order valence-corrected chi connectivity index (χ2v) is 5.29. The van der Waals surface area contributed by atoms with Gasteiger partial charge < -0.3 is 10.4 Å². The van der Waals surface area contributed by atoms with Gasteiger partial charge >= 0.3 is 0 Å². The van der Waals surface area contributed by atoms with Crippen molar-refractivity contribution in [3.8, 4) is 0 Å². The van der Waals surface area contributed by atoms with Gasteiger partial charge in [0, 0.05) is 12.1 Å². The van der Waals surface area contributed by atoms with E-state index in [0.29, 0.717) is 0 Å². The molecule has 0 amide bonds. The zero-order valence-corrected chi connectivity index (χ0v) is 11.8. The van der Waals surface area contributed by atoms with Crippen LogP contribution < -0.4 is 5.32 Å². The Bertz CT molecular complexity index is 538. The standard InChI is InChI=1S/C17H23NO/c1-3-11-18-17(2,10-12-19)16-9-8-14-6-4-5-7-15(14)13-16/h4-9,13,18-19H,3,10-12H2,1-2H3. The van der Waals surface area contributed by atoms with Gasteiger partial charge in [0.1, 0.15) is 0 Å². The van der Waals surface area contributed by atoms with Gasteiger partial charge in [0.15, 0.2) is 0 Å². The summed E-state index contributed by atoms with van der Waals surface area (Å²) >= 11 is 0. The van der Waals surface area contributed by atoms with E-state index in [0.717, 1.165) is 19.4 Å². The van der Waals surface area contributed by atoms with E-state index >= 15 is 0 Å². The summed E-state index contributed by atoms with van der Waals surface area (Å²) in [4.78, 5) is 0. The lowest BCUT2D eigenvalue weighted by molar-refractivity contribution is 0.221. The Kier molecular flexibility index (Phi) is 4.56. The van der Waals surface area contributed by atoms with Crippen molar-refractivity contribution in [3.63, 3.8) is 0 Å². The molecule has 2 heteroatoms. The highest BCUT2D eigenvalue weighted by atomic mass is 16.3. The van der Waals surface area contributed by atoms with Crippen molar-refractivity contribution in [2.24, 2.45) is 0 Å². The van der Waals surface area contributed by atoms with Crippen LogP contribution in [0.2, 0.25) is 0 Å². The molecule has 0 radical (unpaired) electrons. The zero-order valence-electron chi connectivity index (χ0n) is 11.8. The molecular formula is C17H23NO. The van der Waals surface area contributed by atoms with Crippen LogP contribution in [0.4, 0.5) is 0 Å². The quantitative estimate of drug-likeness (QED) is 0.831. The van der Waals surface area contributed by atoms with Crippen molar-refractivity contribution < 1.29 is 5.11 Å². The molecule has 0 heterocycles. The maximum Gasteiger partial charge on any atom is 0.0451 e. The van der Waals surface area contributed by atoms with Crippen LogP contribution in [0, 0.1) is 0 Å². The minimum Gasteiger partial charge on any atom is -0.396 e. The molecule has 0 fully saturated rings. The molecule has 2 rings (SSSR count). The third-order valence-electron chi connectivity index (χ3n) is 3.76. The molecule has 102 valence electrons. The lowest BCUT2D eigenvalue weighted by Gasteiger charge is -2.31. The third kappa shape index (κ3) is 3.14. The molecule has 1 unspecified atom stereocenters. The van der Waals surface area contributed by atoms with Gasteiger partial charge in [-0.1, -0.05) is 43.3 Å². The normalized spacial score (nSPS) is 14.5. The van der Waals surface area contributed by atoms with E-state index in [2.05, 4.69) is 61.6 Å². The van der Waals surface area contributed by atoms with E-state index in [1.807, 2.05) is 0 Å². The van der Waals surface area contributed by atoms with E-state index in [9.17, 15) is 5.11 Å². The lowest BCUT2D eigenvalue weighted by Crippen LogP contribution is -2.40. The maximum atomic E-state index is 9.34. The number of fused-ring (bicyclic) bond motifs is 1. The van der Waals surface area contributed by atoms with Gasteiger partial charge in [-0.05, 0) is 48.7 Å². The smallest absolute Gasteiger partial charge is 0.0451 e. The molecule has 0 bridgehead atoms. The highest BCUT2D eigenvalue weighted by Crippen LogP contribution is 2.27. The van der Waals surface area contributed by atoms with Crippen LogP contribution >= 0.6 is 0 Å². The van der Waals surface area contributed by atoms with E-state index in [1.165, 1.54) is 16.3 Å². The van der Waals surface area contributed by atoms with Crippen molar-refractivity contribution in [2.75, 3.05) is 13.2 Å². The number of aliphatic hydroxyl groups is 1. The molecule has 0 spiro atoms. The van der Waals surface area contributed by atoms with Crippen molar-refractivity contribution in [2.45, 2.75) is 32.2 Å². The number of benzene rings is 2. The second kappa shape index (κ2) is 6.18. The fraction of sp³-hybridized carbons (Fsp3) is 0.412. The van der Waals surface area contributed by atoms with Crippen LogP contribution in [0.5, 0.6) is 0 Å². The topological polar surface area (TPSA) is 32.3 Å². The minimum absolute atomic E-state index is 0.158. The van der Waals surface area contributed by atoms with Crippen LogP contribution in [-0.4, -0.2) is 18.3 Å². The second-order valence-electron chi connectivity index (χ2n) is 5.29. The summed E-state index contributed by atoms with van der Waals surface area (Å²) in [6.07, 6.45) is 1.82. The SMILES string of the molecule is CCCNC(C)(CCO)c1ccc2ccccc2c1. The van der Waals surface area contributed by atoms with Gasteiger partial charge in [-0.25, -0.2) is 0 Å². The number of nitrogens with one attached hydrogen (secondary N) is 1. The largest absolute Gasteiger partial charge is 0.396 e. The van der Waals surface area contributed by atoms with Crippen molar-refractivity contribution in [1.82, 2.24) is 5.32 Å². The highest BCUT2D eigenvalue weighted by Gasteiger charge is 2.25. The zero-order chi connectivity index (χ0) is 13.7. The molecule has 0 saturated carbocycles. The lowest BCUT2D eigenvalue weighted by atomic mass is 9.87. The van der Waals surface area contributed by atoms with Crippen LogP contribution in [0.25, 0.3) is 10.8 Å². The van der Waals surface area contributed by atoms with Crippen molar-refractivity contribution in [1.29, 1.82) is 0 Å². The average molecular weight is 257 g/mol. The first-order valence-corrected chi connectivity index (χ1v) is 7.05. The van der Waals surface area contributed by atoms with Crippen LogP contribution in [0.3, 0.4) is 0 Å². The Labute approximate surface area is 115 Å². The summed E-state index contributed by atoms with van der Waals surface area (Å²) in [6.45, 7) is 5.49. The third-order valence-corrected chi connectivity index (χ3v) is 3.76. The molecule has 0 saturated heterocycles. The van der Waals surface area contributed by atoms with Gasteiger partial charge in [-0.15, -0.1) is 0 Å². The first kappa shape index (κ1) is 14.0. The van der Waals surface area contributed by atoms with Crippen molar-refractivity contribution in [3.05, 3.63) is 48.0 Å². The molecule has 2 aromatic rings. The summed E-state index contributed by atoms with van der Waals surface area (Å²) in [5.74, 6) is 0. The molecule has 2 N–H and O–H groups in total. The van der Waals surface area contributed by atoms with Gasteiger partial charge in [0.2, 0.25) is 0 Å². The Morgan fingerprint density at radius 2 is 1.84 bits per heavy atom. The molecule has 2 nitrogen and oxygen atoms in total. The average Bonchev–Trinajstić information content (AvgIpc) is 2.45. The van der Waals surface area contributed by atoms with Gasteiger partial charge in [0.05, 0.1) is 0 Å². The van der Waals surface area contributed by atoms with Crippen molar-refractivity contribution >= 4 is 10.8 Å². The fourth-order valence-corrected chi connectivity index (χ4v) is 2.49. The van der Waals surface area contributed by atoms with Crippen LogP contribution in [0.15, 0.2) is 42.5 Å². The van der Waals surface area contributed by atoms with Gasteiger partial charge in [-0.3, -0.25) is 0 Å². The molecule has 0 aliphatic heterocycles. The van der Waals surface area contributed by atoms with E-state index in [4.69, 9.17) is 0 Å². The molecule has 1 atom stereocenters. The Balaban J connectivity index is 2.37. The summed E-state index contributed by atoms with van der Waals surface area (Å²) in [7, 11) is 0. The molecule has 0 aromatic heterocycles. The predicted molar refractivity (Wildman–Crippen MR) is 81.3 cm³/mol. The molecule has 2 aromatic carbocycles. The summed E-state index contributed by atoms with van der Waals surface area (Å²) in [6, 6.07) is 14.9. The van der Waals surface area contributed by atoms with Gasteiger partial charge in [-0.2, -0.15) is 0 Å². The Morgan fingerprint density at radius 3 is 2.53 bits per heavy atom. The maximum absolute atomic E-state index is 9.34. The summed E-state index contributed by atoms with van der Waals surface area (Å²) in [5, 5.41) is 15.4. The highest BCUT2D eigenvalue weighted by molar-refractivity contribution is 5.83. The molecular weight excluding hydrogens is 234 g/mol. The summed E-state index contributed by atoms with van der Waals surface area (Å²) < 4.78 is 0. The first-order valence-electron chi connectivity index (χ1n) is 7.05. The molecule has 0 aliphatic carbocycles. The monoisotopic (exact) mass is 257 g/mol. The van der Waals surface area contributed by atoms with Gasteiger partial charge in [0.25, 0.3) is 0 Å². The number of hydrogen-bond acceptors (Lipinski definition) is 2. The summed E-state index contributed by atoms with van der Waals surface area (Å²) in [5.41, 5.74) is 1.09. The number of hydrogen-bond donors (Lipinski definition) is 2. The fourth-order valence-electron chi connectivity index (χ4n) is 2.49. The van der Waals surface area contributed by atoms with E-state index in [1.54, 1.807) is 0 Å². The van der Waals surface area contributed by atoms with E-state index < -0.39 is 0 Å². The minimum atomic E-state index is -0.158. The molecule has 19 heavy (non-hydrogen) atoms. The number of rotatable bonds is 6. The Morgan fingerprint density at radius 1 is 1.11 bits per heavy atom. The Hall–Kier alpha value is -1.38. The number of aliphatic hydroxyl groups excluding tert-OH is 1. The molecule has 0 aliphatic rings. The first-order chi connectivity index (χ1) is 9.19. The van der Waals surface area contributed by atoms with Crippen LogP contribution in [-0.2, 0) is 5.54 Å². The van der Waals surface area contributed by atoms with Crippen LogP contribution in [0.1, 0.15) is 32.3 Å².